The van der Waals surface area contributed by atoms with E-state index in [1.807, 2.05) is 26.8 Å². The van der Waals surface area contributed by atoms with E-state index in [1.165, 1.54) is 6.26 Å². The van der Waals surface area contributed by atoms with Crippen molar-refractivity contribution in [2.75, 3.05) is 6.26 Å². The van der Waals surface area contributed by atoms with E-state index in [9.17, 15) is 13.2 Å². The summed E-state index contributed by atoms with van der Waals surface area (Å²) in [5.74, 6) is -0.142. The lowest BCUT2D eigenvalue weighted by Crippen LogP contribution is -2.58. The lowest BCUT2D eigenvalue weighted by molar-refractivity contribution is -0.120. The van der Waals surface area contributed by atoms with Gasteiger partial charge in [0.15, 0.2) is 16.0 Å². The number of fused-ring (bicyclic) bond motifs is 1. The smallest absolute Gasteiger partial charge is 0.250 e. The van der Waals surface area contributed by atoms with Crippen LogP contribution < -0.4 is 10.6 Å². The van der Waals surface area contributed by atoms with Crippen LogP contribution in [0.1, 0.15) is 39.2 Å². The van der Waals surface area contributed by atoms with Gasteiger partial charge in [-0.15, -0.1) is 0 Å². The zero-order valence-electron chi connectivity index (χ0n) is 16.4. The van der Waals surface area contributed by atoms with Crippen molar-refractivity contribution in [1.82, 2.24) is 10.6 Å². The van der Waals surface area contributed by atoms with E-state index >= 15 is 0 Å². The number of nitrogens with zero attached hydrogens (tertiary/aromatic N) is 2. The number of hydrogen-bond donors (Lipinski definition) is 2. The van der Waals surface area contributed by atoms with Crippen molar-refractivity contribution in [3.8, 4) is 0 Å². The van der Waals surface area contributed by atoms with E-state index in [0.717, 1.165) is 16.8 Å². The largest absolute Gasteiger partial charge is 0.362 e. The Morgan fingerprint density at radius 3 is 2.71 bits per heavy atom. The van der Waals surface area contributed by atoms with Crippen molar-refractivity contribution in [2.45, 2.75) is 55.6 Å². The van der Waals surface area contributed by atoms with E-state index in [0.29, 0.717) is 18.4 Å². The predicted octanol–water partition coefficient (Wildman–Crippen LogP) is 2.57. The van der Waals surface area contributed by atoms with Crippen LogP contribution in [-0.4, -0.2) is 32.3 Å². The molecule has 3 aliphatic heterocycles. The maximum Gasteiger partial charge on any atom is 0.250 e. The molecule has 1 amide bonds. The van der Waals surface area contributed by atoms with Crippen molar-refractivity contribution in [2.24, 2.45) is 10.2 Å². The zero-order valence-corrected chi connectivity index (χ0v) is 17.2. The summed E-state index contributed by atoms with van der Waals surface area (Å²) >= 11 is 0. The molecule has 0 bridgehead atoms. The third-order valence-electron chi connectivity index (χ3n) is 5.79. The molecule has 0 spiro atoms. The highest BCUT2D eigenvalue weighted by atomic mass is 32.2. The number of carbonyl (C=O) groups is 1. The van der Waals surface area contributed by atoms with Crippen molar-refractivity contribution in [1.29, 1.82) is 0 Å². The molecule has 1 unspecified atom stereocenters. The molecule has 2 N–H and O–H groups in total. The molecule has 0 saturated carbocycles. The van der Waals surface area contributed by atoms with Crippen molar-refractivity contribution >= 4 is 15.7 Å². The van der Waals surface area contributed by atoms with E-state index < -0.39 is 15.3 Å². The lowest BCUT2D eigenvalue weighted by Gasteiger charge is -2.48. The molecule has 0 aromatic heterocycles. The summed E-state index contributed by atoms with van der Waals surface area (Å²) < 4.78 is 24.3. The van der Waals surface area contributed by atoms with Gasteiger partial charge in [0.2, 0.25) is 0 Å². The molecule has 3 aliphatic rings. The quantitative estimate of drug-likeness (QED) is 0.814. The molecule has 2 atom stereocenters. The van der Waals surface area contributed by atoms with Gasteiger partial charge in [0.05, 0.1) is 22.1 Å². The van der Waals surface area contributed by atoms with E-state index in [1.54, 1.807) is 24.4 Å². The zero-order chi connectivity index (χ0) is 20.3. The first-order chi connectivity index (χ1) is 13.1. The van der Waals surface area contributed by atoms with Gasteiger partial charge in [-0.25, -0.2) is 8.42 Å². The van der Waals surface area contributed by atoms with Crippen molar-refractivity contribution < 1.29 is 13.2 Å². The second kappa shape index (κ2) is 6.01. The minimum absolute atomic E-state index is 0.142. The van der Waals surface area contributed by atoms with Crippen LogP contribution in [0.15, 0.2) is 62.4 Å². The van der Waals surface area contributed by atoms with Crippen LogP contribution in [0.2, 0.25) is 0 Å². The Kier molecular flexibility index (Phi) is 4.05. The summed E-state index contributed by atoms with van der Waals surface area (Å²) in [6.07, 6.45) is 3.77. The van der Waals surface area contributed by atoms with E-state index in [2.05, 4.69) is 20.9 Å². The number of nitrogens with one attached hydrogen (secondary N) is 2. The average Bonchev–Trinajstić information content (AvgIpc) is 3.06. The monoisotopic (exact) mass is 400 g/mol. The Morgan fingerprint density at radius 2 is 2.04 bits per heavy atom. The van der Waals surface area contributed by atoms with Gasteiger partial charge < -0.3 is 10.6 Å². The maximum atomic E-state index is 13.2. The Labute approximate surface area is 164 Å². The number of benzene rings is 1. The summed E-state index contributed by atoms with van der Waals surface area (Å²) in [5, 5.41) is 14.9. The number of azo groups is 1. The van der Waals surface area contributed by atoms with Gasteiger partial charge in [-0.2, -0.15) is 10.2 Å². The molecule has 1 aromatic carbocycles. The van der Waals surface area contributed by atoms with Gasteiger partial charge in [-0.3, -0.25) is 4.79 Å². The molecule has 0 fully saturated rings. The second-order valence-corrected chi connectivity index (χ2v) is 10.3. The molecule has 0 radical (unpaired) electrons. The van der Waals surface area contributed by atoms with E-state index in [-0.39, 0.29) is 22.5 Å². The molecule has 1 aromatic rings. The normalized spacial score (nSPS) is 28.2. The molecule has 0 aliphatic carbocycles. The fourth-order valence-corrected chi connectivity index (χ4v) is 5.27. The highest BCUT2D eigenvalue weighted by molar-refractivity contribution is 7.90. The fourth-order valence-electron chi connectivity index (χ4n) is 4.60. The van der Waals surface area contributed by atoms with Gasteiger partial charge >= 0.3 is 0 Å². The minimum Gasteiger partial charge on any atom is -0.362 e. The summed E-state index contributed by atoms with van der Waals surface area (Å²) in [4.78, 5) is 13.5. The Bertz CT molecular complexity index is 1070. The number of sulfone groups is 1. The first kappa shape index (κ1) is 18.9. The lowest BCUT2D eigenvalue weighted by atomic mass is 9.62. The molecule has 148 valence electrons. The predicted molar refractivity (Wildman–Crippen MR) is 105 cm³/mol. The number of hydrogen-bond acceptors (Lipinski definition) is 6. The number of carbonyl (C=O) groups excluding carboxylic acids is 1. The van der Waals surface area contributed by atoms with Crippen molar-refractivity contribution in [3.63, 3.8) is 0 Å². The van der Waals surface area contributed by atoms with Crippen LogP contribution in [-0.2, 0) is 20.0 Å². The standard InChI is InChI=1S/C20H24N4O3S/c1-5-20(12-7-6-8-13(9-12)28(4,26)27)14-11-21-24-17(14)22-15-10-19(2,3)23-18(25)16(15)20/h6-9,11,17,22H,5,10H2,1-4H3,(H,23,25)/t17?,20-/m1/s1. The topological polar surface area (TPSA) is 100.0 Å². The van der Waals surface area contributed by atoms with Gasteiger partial charge in [-0.05, 0) is 38.0 Å². The van der Waals surface area contributed by atoms with Gasteiger partial charge in [0, 0.05) is 29.5 Å². The number of amides is 1. The first-order valence-electron chi connectivity index (χ1n) is 9.32. The SMILES string of the molecule is CC[C@@]1(c2cccc(S(C)(=O)=O)c2)C2=CN=NC2NC2=C1C(=O)NC(C)(C)C2. The average molecular weight is 401 g/mol. The Morgan fingerprint density at radius 1 is 1.29 bits per heavy atom. The van der Waals surface area contributed by atoms with Crippen LogP contribution in [0.25, 0.3) is 0 Å². The van der Waals surface area contributed by atoms with Crippen molar-refractivity contribution in [3.05, 3.63) is 52.9 Å². The molecule has 0 saturated heterocycles. The Hall–Kier alpha value is -2.48. The summed E-state index contributed by atoms with van der Waals surface area (Å²) in [6.45, 7) is 5.97. The van der Waals surface area contributed by atoms with Gasteiger partial charge in [0.25, 0.3) is 5.91 Å². The third-order valence-corrected chi connectivity index (χ3v) is 6.90. The molecule has 7 nitrogen and oxygen atoms in total. The molecular weight excluding hydrogens is 376 g/mol. The van der Waals surface area contributed by atoms with Crippen LogP contribution in [0.4, 0.5) is 0 Å². The van der Waals surface area contributed by atoms with Gasteiger partial charge in [0.1, 0.15) is 0 Å². The third kappa shape index (κ3) is 2.70. The maximum absolute atomic E-state index is 13.2. The summed E-state index contributed by atoms with van der Waals surface area (Å²) in [5.41, 5.74) is 1.96. The summed E-state index contributed by atoms with van der Waals surface area (Å²) in [6, 6.07) is 6.88. The minimum atomic E-state index is -3.38. The fraction of sp³-hybridized carbons (Fsp3) is 0.450. The summed E-state index contributed by atoms with van der Waals surface area (Å²) in [7, 11) is -3.38. The molecular formula is C20H24N4O3S. The van der Waals surface area contributed by atoms with Crippen LogP contribution >= 0.6 is 0 Å². The molecule has 28 heavy (non-hydrogen) atoms. The number of rotatable bonds is 3. The Balaban J connectivity index is 2.01. The highest BCUT2D eigenvalue weighted by Gasteiger charge is 2.53. The molecule has 8 heteroatoms. The highest BCUT2D eigenvalue weighted by Crippen LogP contribution is 2.51. The van der Waals surface area contributed by atoms with E-state index in [4.69, 9.17) is 0 Å². The molecule has 3 heterocycles. The van der Waals surface area contributed by atoms with Crippen LogP contribution in [0, 0.1) is 0 Å². The first-order valence-corrected chi connectivity index (χ1v) is 11.2. The molecule has 4 rings (SSSR count). The van der Waals surface area contributed by atoms with Crippen LogP contribution in [0.5, 0.6) is 0 Å². The van der Waals surface area contributed by atoms with Crippen LogP contribution in [0.3, 0.4) is 0 Å². The second-order valence-electron chi connectivity index (χ2n) is 8.29. The van der Waals surface area contributed by atoms with Gasteiger partial charge in [-0.1, -0.05) is 19.1 Å².